The zero-order chi connectivity index (χ0) is 7.94. The molecule has 0 saturated carbocycles. The van der Waals surface area contributed by atoms with Crippen LogP contribution in [-0.2, 0) is 0 Å². The van der Waals surface area contributed by atoms with Crippen molar-refractivity contribution in [2.24, 2.45) is 0 Å². The molecule has 0 aliphatic carbocycles. The molecule has 0 fully saturated rings. The van der Waals surface area contributed by atoms with E-state index in [1.54, 1.807) is 0 Å². The Hall–Kier alpha value is -0.690. The van der Waals surface area contributed by atoms with Crippen molar-refractivity contribution in [2.45, 2.75) is 6.42 Å². The summed E-state index contributed by atoms with van der Waals surface area (Å²) in [5, 5.41) is 0. The standard InChI is InChI=1S/C10H12S/c11-9-5-4-8-10-6-2-1-3-7-10/h1-4,6-8,11H,5,9H2. The van der Waals surface area contributed by atoms with Crippen molar-refractivity contribution in [2.75, 3.05) is 5.75 Å². The van der Waals surface area contributed by atoms with Crippen LogP contribution in [0.5, 0.6) is 0 Å². The molecule has 0 aliphatic rings. The molecule has 0 N–H and O–H groups in total. The van der Waals surface area contributed by atoms with E-state index in [2.05, 4.69) is 36.9 Å². The smallest absolute Gasteiger partial charge is 0.00632 e. The highest BCUT2D eigenvalue weighted by Gasteiger charge is 1.80. The highest BCUT2D eigenvalue weighted by Crippen LogP contribution is 2.01. The van der Waals surface area contributed by atoms with Crippen molar-refractivity contribution >= 4 is 18.7 Å². The van der Waals surface area contributed by atoms with Gasteiger partial charge >= 0.3 is 0 Å². The van der Waals surface area contributed by atoms with Crippen LogP contribution >= 0.6 is 12.6 Å². The van der Waals surface area contributed by atoms with Gasteiger partial charge in [0.15, 0.2) is 0 Å². The maximum Gasteiger partial charge on any atom is -0.00632 e. The van der Waals surface area contributed by atoms with E-state index in [1.165, 1.54) is 5.56 Å². The fraction of sp³-hybridized carbons (Fsp3) is 0.200. The molecular weight excluding hydrogens is 152 g/mol. The van der Waals surface area contributed by atoms with Crippen LogP contribution in [0.1, 0.15) is 12.0 Å². The van der Waals surface area contributed by atoms with Gasteiger partial charge in [0.1, 0.15) is 0 Å². The lowest BCUT2D eigenvalue weighted by Crippen LogP contribution is -1.69. The lowest BCUT2D eigenvalue weighted by atomic mass is 10.2. The first-order valence-electron chi connectivity index (χ1n) is 3.76. The van der Waals surface area contributed by atoms with Crippen LogP contribution in [0.25, 0.3) is 6.08 Å². The highest BCUT2D eigenvalue weighted by atomic mass is 32.1. The molecular formula is C10H12S. The largest absolute Gasteiger partial charge is 0.179 e. The van der Waals surface area contributed by atoms with E-state index in [9.17, 15) is 0 Å². The van der Waals surface area contributed by atoms with Crippen LogP contribution in [0.2, 0.25) is 0 Å². The first-order chi connectivity index (χ1) is 5.43. The van der Waals surface area contributed by atoms with Gasteiger partial charge in [-0.1, -0.05) is 42.5 Å². The molecule has 0 atom stereocenters. The summed E-state index contributed by atoms with van der Waals surface area (Å²) < 4.78 is 0. The number of thiol groups is 1. The number of allylic oxidation sites excluding steroid dienone is 1. The fourth-order valence-electron chi connectivity index (χ4n) is 0.858. The molecule has 0 spiro atoms. The maximum atomic E-state index is 4.12. The van der Waals surface area contributed by atoms with Crippen molar-refractivity contribution in [1.82, 2.24) is 0 Å². The second kappa shape index (κ2) is 5.03. The Morgan fingerprint density at radius 2 is 1.91 bits per heavy atom. The normalized spacial score (nSPS) is 10.6. The zero-order valence-electron chi connectivity index (χ0n) is 6.40. The van der Waals surface area contributed by atoms with Gasteiger partial charge in [-0.2, -0.15) is 12.6 Å². The van der Waals surface area contributed by atoms with Gasteiger partial charge in [0.05, 0.1) is 0 Å². The third-order valence-corrected chi connectivity index (χ3v) is 1.66. The molecule has 0 bridgehead atoms. The summed E-state index contributed by atoms with van der Waals surface area (Å²) in [7, 11) is 0. The molecule has 1 aromatic carbocycles. The quantitative estimate of drug-likeness (QED) is 0.652. The predicted molar refractivity (Wildman–Crippen MR) is 53.9 cm³/mol. The molecule has 1 heteroatoms. The Bertz CT molecular complexity index is 214. The van der Waals surface area contributed by atoms with E-state index < -0.39 is 0 Å². The van der Waals surface area contributed by atoms with E-state index >= 15 is 0 Å². The van der Waals surface area contributed by atoms with Crippen LogP contribution in [-0.4, -0.2) is 5.75 Å². The number of rotatable bonds is 3. The van der Waals surface area contributed by atoms with Gasteiger partial charge in [-0.25, -0.2) is 0 Å². The van der Waals surface area contributed by atoms with Crippen molar-refractivity contribution in [3.8, 4) is 0 Å². The van der Waals surface area contributed by atoms with Crippen LogP contribution < -0.4 is 0 Å². The van der Waals surface area contributed by atoms with Crippen molar-refractivity contribution in [3.05, 3.63) is 42.0 Å². The average Bonchev–Trinajstić information content (AvgIpc) is 2.07. The fourth-order valence-corrected chi connectivity index (χ4v) is 1.01. The average molecular weight is 164 g/mol. The van der Waals surface area contributed by atoms with Crippen LogP contribution in [0.4, 0.5) is 0 Å². The van der Waals surface area contributed by atoms with Crippen molar-refractivity contribution < 1.29 is 0 Å². The molecule has 0 nitrogen and oxygen atoms in total. The van der Waals surface area contributed by atoms with Gasteiger partial charge < -0.3 is 0 Å². The summed E-state index contributed by atoms with van der Waals surface area (Å²) in [6, 6.07) is 10.3. The van der Waals surface area contributed by atoms with Crippen molar-refractivity contribution in [3.63, 3.8) is 0 Å². The van der Waals surface area contributed by atoms with Crippen LogP contribution in [0.3, 0.4) is 0 Å². The second-order valence-electron chi connectivity index (χ2n) is 2.33. The van der Waals surface area contributed by atoms with Gasteiger partial charge in [-0.3, -0.25) is 0 Å². The van der Waals surface area contributed by atoms with Gasteiger partial charge in [0.25, 0.3) is 0 Å². The molecule has 1 aromatic rings. The lowest BCUT2D eigenvalue weighted by Gasteiger charge is -1.89. The third-order valence-electron chi connectivity index (χ3n) is 1.41. The van der Waals surface area contributed by atoms with Gasteiger partial charge in [0.2, 0.25) is 0 Å². The SMILES string of the molecule is SCCC=Cc1ccccc1. The molecule has 0 radical (unpaired) electrons. The van der Waals surface area contributed by atoms with E-state index in [0.717, 1.165) is 12.2 Å². The Balaban J connectivity index is 2.50. The molecule has 1 rings (SSSR count). The molecule has 0 saturated heterocycles. The number of hydrogen-bond donors (Lipinski definition) is 1. The van der Waals surface area contributed by atoms with E-state index in [0.29, 0.717) is 0 Å². The minimum Gasteiger partial charge on any atom is -0.179 e. The van der Waals surface area contributed by atoms with E-state index in [1.807, 2.05) is 18.2 Å². The van der Waals surface area contributed by atoms with Gasteiger partial charge in [-0.05, 0) is 17.7 Å². The predicted octanol–water partition coefficient (Wildman–Crippen LogP) is 3.02. The molecule has 0 amide bonds. The number of benzene rings is 1. The second-order valence-corrected chi connectivity index (χ2v) is 2.77. The lowest BCUT2D eigenvalue weighted by molar-refractivity contribution is 1.26. The first kappa shape index (κ1) is 8.41. The Morgan fingerprint density at radius 3 is 2.55 bits per heavy atom. The molecule has 0 aromatic heterocycles. The maximum absolute atomic E-state index is 4.12. The summed E-state index contributed by atoms with van der Waals surface area (Å²) in [5.41, 5.74) is 1.26. The summed E-state index contributed by atoms with van der Waals surface area (Å²) in [6.45, 7) is 0. The van der Waals surface area contributed by atoms with E-state index in [-0.39, 0.29) is 0 Å². The molecule has 58 valence electrons. The zero-order valence-corrected chi connectivity index (χ0v) is 7.30. The topological polar surface area (TPSA) is 0 Å². The molecule has 0 aliphatic heterocycles. The Morgan fingerprint density at radius 1 is 1.18 bits per heavy atom. The summed E-state index contributed by atoms with van der Waals surface area (Å²) in [6.07, 6.45) is 5.30. The number of hydrogen-bond acceptors (Lipinski definition) is 1. The molecule has 11 heavy (non-hydrogen) atoms. The first-order valence-corrected chi connectivity index (χ1v) is 4.39. The Kier molecular flexibility index (Phi) is 3.84. The minimum atomic E-state index is 0.920. The van der Waals surface area contributed by atoms with Crippen LogP contribution in [0, 0.1) is 0 Å². The third kappa shape index (κ3) is 3.28. The molecule has 0 heterocycles. The van der Waals surface area contributed by atoms with Gasteiger partial charge in [-0.15, -0.1) is 0 Å². The monoisotopic (exact) mass is 164 g/mol. The van der Waals surface area contributed by atoms with Crippen molar-refractivity contribution in [1.29, 1.82) is 0 Å². The van der Waals surface area contributed by atoms with Gasteiger partial charge in [0, 0.05) is 0 Å². The summed E-state index contributed by atoms with van der Waals surface area (Å²) in [5.74, 6) is 0.920. The summed E-state index contributed by atoms with van der Waals surface area (Å²) in [4.78, 5) is 0. The molecule has 0 unspecified atom stereocenters. The summed E-state index contributed by atoms with van der Waals surface area (Å²) >= 11 is 4.12. The highest BCUT2D eigenvalue weighted by molar-refractivity contribution is 7.80. The Labute approximate surface area is 73.4 Å². The van der Waals surface area contributed by atoms with Crippen LogP contribution in [0.15, 0.2) is 36.4 Å². The minimum absolute atomic E-state index is 0.920. The van der Waals surface area contributed by atoms with E-state index in [4.69, 9.17) is 0 Å².